The van der Waals surface area contributed by atoms with E-state index in [9.17, 15) is 4.79 Å². The predicted molar refractivity (Wildman–Crippen MR) is 68.5 cm³/mol. The van der Waals surface area contributed by atoms with Crippen LogP contribution in [0, 0.1) is 0 Å². The van der Waals surface area contributed by atoms with Crippen LogP contribution < -0.4 is 0 Å². The predicted octanol–water partition coefficient (Wildman–Crippen LogP) is 1.62. The zero-order valence-corrected chi connectivity index (χ0v) is 11.1. The first kappa shape index (κ1) is 12.5. The summed E-state index contributed by atoms with van der Waals surface area (Å²) in [6.45, 7) is 4.85. The van der Waals surface area contributed by atoms with E-state index in [2.05, 4.69) is 10.2 Å². The van der Waals surface area contributed by atoms with Gasteiger partial charge in [0.2, 0.25) is 0 Å². The number of carbonyl (C=O) groups excluding carboxylic acids is 1. The van der Waals surface area contributed by atoms with Crippen molar-refractivity contribution in [3.8, 4) is 0 Å². The molecular formula is C13H18N4O. The van der Waals surface area contributed by atoms with E-state index >= 15 is 0 Å². The zero-order valence-electron chi connectivity index (χ0n) is 11.1. The first-order valence-corrected chi connectivity index (χ1v) is 6.21. The highest BCUT2D eigenvalue weighted by Crippen LogP contribution is 2.11. The minimum atomic E-state index is 0.107. The Morgan fingerprint density at radius 1 is 1.33 bits per heavy atom. The van der Waals surface area contributed by atoms with Crippen molar-refractivity contribution in [1.82, 2.24) is 19.6 Å². The summed E-state index contributed by atoms with van der Waals surface area (Å²) in [6.07, 6.45) is 6.63. The Bertz CT molecular complexity index is 553. The highest BCUT2D eigenvalue weighted by atomic mass is 16.1. The summed E-state index contributed by atoms with van der Waals surface area (Å²) in [4.78, 5) is 12.2. The van der Waals surface area contributed by atoms with E-state index in [1.165, 1.54) is 0 Å². The van der Waals surface area contributed by atoms with Crippen molar-refractivity contribution in [3.05, 3.63) is 35.4 Å². The maximum atomic E-state index is 12.2. The molecule has 0 fully saturated rings. The fourth-order valence-electron chi connectivity index (χ4n) is 1.98. The maximum absolute atomic E-state index is 12.2. The Hall–Kier alpha value is -1.91. The number of aryl methyl sites for hydroxylation is 3. The van der Waals surface area contributed by atoms with Crippen LogP contribution in [0.3, 0.4) is 0 Å². The van der Waals surface area contributed by atoms with Crippen molar-refractivity contribution < 1.29 is 4.79 Å². The van der Waals surface area contributed by atoms with Gasteiger partial charge in [-0.15, -0.1) is 0 Å². The van der Waals surface area contributed by atoms with Crippen LogP contribution in [0.15, 0.2) is 18.6 Å². The molecule has 2 heterocycles. The van der Waals surface area contributed by atoms with Crippen molar-refractivity contribution in [2.75, 3.05) is 0 Å². The van der Waals surface area contributed by atoms with Gasteiger partial charge >= 0.3 is 0 Å². The van der Waals surface area contributed by atoms with Crippen LogP contribution in [0.25, 0.3) is 0 Å². The van der Waals surface area contributed by atoms with Gasteiger partial charge in [0.25, 0.3) is 0 Å². The third-order valence-electron chi connectivity index (χ3n) is 2.92. The second-order valence-electron chi connectivity index (χ2n) is 4.32. The molecule has 0 aliphatic rings. The fourth-order valence-corrected chi connectivity index (χ4v) is 1.98. The van der Waals surface area contributed by atoms with Gasteiger partial charge in [-0.1, -0.05) is 6.92 Å². The Kier molecular flexibility index (Phi) is 3.60. The molecule has 2 aromatic rings. The molecule has 0 atom stereocenters. The molecule has 0 saturated heterocycles. The molecule has 0 aromatic carbocycles. The Morgan fingerprint density at radius 2 is 2.11 bits per heavy atom. The van der Waals surface area contributed by atoms with Gasteiger partial charge in [-0.05, 0) is 18.9 Å². The normalized spacial score (nSPS) is 10.8. The van der Waals surface area contributed by atoms with E-state index in [4.69, 9.17) is 0 Å². The molecular weight excluding hydrogens is 228 g/mol. The molecule has 0 radical (unpaired) electrons. The van der Waals surface area contributed by atoms with Crippen LogP contribution >= 0.6 is 0 Å². The number of nitrogens with zero attached hydrogens (tertiary/aromatic N) is 4. The van der Waals surface area contributed by atoms with E-state index in [-0.39, 0.29) is 5.78 Å². The lowest BCUT2D eigenvalue weighted by Crippen LogP contribution is -2.04. The zero-order chi connectivity index (χ0) is 13.1. The molecule has 18 heavy (non-hydrogen) atoms. The smallest absolute Gasteiger partial charge is 0.170 e. The molecule has 2 aromatic heterocycles. The van der Waals surface area contributed by atoms with Crippen molar-refractivity contribution in [2.45, 2.75) is 33.2 Å². The average molecular weight is 246 g/mol. The fraction of sp³-hybridized carbons (Fsp3) is 0.462. The Balaban J connectivity index is 2.16. The number of Topliss-reactive ketones (excluding diaryl/α,β-unsaturated/α-hetero) is 1. The van der Waals surface area contributed by atoms with Gasteiger partial charge in [-0.3, -0.25) is 14.2 Å². The summed E-state index contributed by atoms with van der Waals surface area (Å²) in [5, 5.41) is 8.46. The maximum Gasteiger partial charge on any atom is 0.170 e. The van der Waals surface area contributed by atoms with Gasteiger partial charge in [0.1, 0.15) is 0 Å². The standard InChI is InChI=1S/C13H18N4O/c1-4-12-11(9-16(3)15-12)13(18)6-10-7-14-17(5-2)8-10/h7-9H,4-6H2,1-3H3. The van der Waals surface area contributed by atoms with Crippen LogP contribution in [0.4, 0.5) is 0 Å². The second-order valence-corrected chi connectivity index (χ2v) is 4.32. The van der Waals surface area contributed by atoms with E-state index in [1.54, 1.807) is 17.1 Å². The van der Waals surface area contributed by atoms with Gasteiger partial charge in [0.05, 0.1) is 17.5 Å². The van der Waals surface area contributed by atoms with Gasteiger partial charge in [-0.2, -0.15) is 10.2 Å². The number of hydrogen-bond acceptors (Lipinski definition) is 3. The van der Waals surface area contributed by atoms with Gasteiger partial charge in [0.15, 0.2) is 5.78 Å². The van der Waals surface area contributed by atoms with E-state index < -0.39 is 0 Å². The minimum Gasteiger partial charge on any atom is -0.294 e. The molecule has 0 amide bonds. The topological polar surface area (TPSA) is 52.7 Å². The second kappa shape index (κ2) is 5.16. The molecule has 96 valence electrons. The molecule has 0 aliphatic heterocycles. The van der Waals surface area contributed by atoms with Crippen LogP contribution in [0.1, 0.15) is 35.5 Å². The quantitative estimate of drug-likeness (QED) is 0.753. The molecule has 2 rings (SSSR count). The van der Waals surface area contributed by atoms with Crippen molar-refractivity contribution in [1.29, 1.82) is 0 Å². The number of hydrogen-bond donors (Lipinski definition) is 0. The monoisotopic (exact) mass is 246 g/mol. The molecule has 0 aliphatic carbocycles. The molecule has 5 heteroatoms. The number of carbonyl (C=O) groups is 1. The first-order valence-electron chi connectivity index (χ1n) is 6.21. The summed E-state index contributed by atoms with van der Waals surface area (Å²) in [6, 6.07) is 0. The van der Waals surface area contributed by atoms with E-state index in [0.717, 1.165) is 29.8 Å². The lowest BCUT2D eigenvalue weighted by atomic mass is 10.1. The lowest BCUT2D eigenvalue weighted by Gasteiger charge is -1.97. The number of rotatable bonds is 5. The van der Waals surface area contributed by atoms with Crippen molar-refractivity contribution in [2.24, 2.45) is 7.05 Å². The SMILES string of the molecule is CCc1nn(C)cc1C(=O)Cc1cnn(CC)c1. The molecule has 0 bridgehead atoms. The van der Waals surface area contributed by atoms with Gasteiger partial charge in [0, 0.05) is 32.4 Å². The number of aromatic nitrogens is 4. The highest BCUT2D eigenvalue weighted by Gasteiger charge is 2.15. The number of ketones is 1. The van der Waals surface area contributed by atoms with Crippen LogP contribution in [0.5, 0.6) is 0 Å². The van der Waals surface area contributed by atoms with E-state index in [1.807, 2.05) is 31.8 Å². The molecule has 0 unspecified atom stereocenters. The summed E-state index contributed by atoms with van der Waals surface area (Å²) >= 11 is 0. The average Bonchev–Trinajstić information content (AvgIpc) is 2.95. The molecule has 5 nitrogen and oxygen atoms in total. The largest absolute Gasteiger partial charge is 0.294 e. The van der Waals surface area contributed by atoms with Crippen LogP contribution in [-0.2, 0) is 26.4 Å². The Morgan fingerprint density at radius 3 is 2.72 bits per heavy atom. The van der Waals surface area contributed by atoms with Crippen LogP contribution in [-0.4, -0.2) is 25.3 Å². The third kappa shape index (κ3) is 2.50. The summed E-state index contributed by atoms with van der Waals surface area (Å²) < 4.78 is 3.52. The van der Waals surface area contributed by atoms with Gasteiger partial charge < -0.3 is 0 Å². The molecule has 0 N–H and O–H groups in total. The van der Waals surface area contributed by atoms with Gasteiger partial charge in [-0.25, -0.2) is 0 Å². The van der Waals surface area contributed by atoms with Crippen molar-refractivity contribution >= 4 is 5.78 Å². The Labute approximate surface area is 106 Å². The highest BCUT2D eigenvalue weighted by molar-refractivity contribution is 5.98. The third-order valence-corrected chi connectivity index (χ3v) is 2.92. The summed E-state index contributed by atoms with van der Waals surface area (Å²) in [5.74, 6) is 0.107. The lowest BCUT2D eigenvalue weighted by molar-refractivity contribution is 0.0992. The van der Waals surface area contributed by atoms with Crippen LogP contribution in [0.2, 0.25) is 0 Å². The summed E-state index contributed by atoms with van der Waals surface area (Å²) in [5.41, 5.74) is 2.54. The van der Waals surface area contributed by atoms with Crippen molar-refractivity contribution in [3.63, 3.8) is 0 Å². The molecule has 0 saturated carbocycles. The molecule has 0 spiro atoms. The summed E-state index contributed by atoms with van der Waals surface area (Å²) in [7, 11) is 1.84. The first-order chi connectivity index (χ1) is 8.63. The minimum absolute atomic E-state index is 0.107. The van der Waals surface area contributed by atoms with E-state index in [0.29, 0.717) is 6.42 Å².